The van der Waals surface area contributed by atoms with Crippen LogP contribution in [-0.4, -0.2) is 58.4 Å². The van der Waals surface area contributed by atoms with Crippen LogP contribution >= 0.6 is 23.5 Å². The van der Waals surface area contributed by atoms with Gasteiger partial charge in [0.25, 0.3) is 0 Å². The number of hydrogen-bond acceptors (Lipinski definition) is 5. The van der Waals surface area contributed by atoms with Gasteiger partial charge < -0.3 is 4.74 Å². The third kappa shape index (κ3) is 7.25. The van der Waals surface area contributed by atoms with Crippen molar-refractivity contribution in [1.82, 2.24) is 5.06 Å². The minimum absolute atomic E-state index is 0.187. The molecule has 0 saturated carbocycles. The van der Waals surface area contributed by atoms with E-state index in [1.54, 1.807) is 0 Å². The standard InChI is InChI=1S/C20H37NO3S2/c1-3-4-5-7-12-25-14-16-17(19-11-10-18(16)24-19)15-26-13-8-6-9-20(22)21(2)23/h16-19,23H,3-15H2,1-2H3/t16-,17+,18-,19+/m0/s1. The SMILES string of the molecule is CCCCCCSC[C@H]1[C@@H](CSCCCCC(=O)N(C)O)[C@H]2CC[C@@H]1O2. The quantitative estimate of drug-likeness (QED) is 0.255. The van der Waals surface area contributed by atoms with Crippen LogP contribution in [0.2, 0.25) is 0 Å². The molecule has 0 aromatic heterocycles. The fourth-order valence-electron chi connectivity index (χ4n) is 4.04. The van der Waals surface area contributed by atoms with Crippen LogP contribution in [0.5, 0.6) is 0 Å². The highest BCUT2D eigenvalue weighted by Gasteiger charge is 2.48. The lowest BCUT2D eigenvalue weighted by Gasteiger charge is -2.27. The van der Waals surface area contributed by atoms with Crippen molar-refractivity contribution in [3.05, 3.63) is 0 Å². The zero-order valence-electron chi connectivity index (χ0n) is 16.5. The van der Waals surface area contributed by atoms with Crippen LogP contribution in [-0.2, 0) is 9.53 Å². The molecule has 0 aromatic carbocycles. The normalized spacial score (nSPS) is 27.2. The Morgan fingerprint density at radius 2 is 1.58 bits per heavy atom. The molecule has 0 spiro atoms. The average molecular weight is 404 g/mol. The topological polar surface area (TPSA) is 49.8 Å². The number of nitrogens with zero attached hydrogens (tertiary/aromatic N) is 1. The maximum Gasteiger partial charge on any atom is 0.245 e. The Balaban J connectivity index is 1.58. The summed E-state index contributed by atoms with van der Waals surface area (Å²) in [6.45, 7) is 2.27. The highest BCUT2D eigenvalue weighted by Crippen LogP contribution is 2.46. The molecule has 2 heterocycles. The van der Waals surface area contributed by atoms with Crippen molar-refractivity contribution < 1.29 is 14.7 Å². The van der Waals surface area contributed by atoms with E-state index in [-0.39, 0.29) is 5.91 Å². The smallest absolute Gasteiger partial charge is 0.245 e. The molecular weight excluding hydrogens is 366 g/mol. The Morgan fingerprint density at radius 3 is 2.12 bits per heavy atom. The van der Waals surface area contributed by atoms with Crippen molar-refractivity contribution in [1.29, 1.82) is 0 Å². The van der Waals surface area contributed by atoms with Crippen LogP contribution in [0.1, 0.15) is 64.7 Å². The summed E-state index contributed by atoms with van der Waals surface area (Å²) in [4.78, 5) is 11.3. The van der Waals surface area contributed by atoms with Crippen LogP contribution in [0.4, 0.5) is 0 Å². The second kappa shape index (κ2) is 12.5. The molecule has 6 heteroatoms. The van der Waals surface area contributed by atoms with Crippen LogP contribution in [0.3, 0.4) is 0 Å². The minimum Gasteiger partial charge on any atom is -0.374 e. The number of carbonyl (C=O) groups excluding carboxylic acids is 1. The van der Waals surface area contributed by atoms with Crippen LogP contribution in [0.15, 0.2) is 0 Å². The molecule has 1 N–H and O–H groups in total. The summed E-state index contributed by atoms with van der Waals surface area (Å²) in [6.07, 6.45) is 11.3. The Hall–Kier alpha value is 0.0900. The van der Waals surface area contributed by atoms with E-state index in [2.05, 4.69) is 18.7 Å². The molecule has 152 valence electrons. The number of thioether (sulfide) groups is 2. The monoisotopic (exact) mass is 403 g/mol. The summed E-state index contributed by atoms with van der Waals surface area (Å²) in [5.41, 5.74) is 0. The molecule has 2 aliphatic heterocycles. The fraction of sp³-hybridized carbons (Fsp3) is 0.950. The highest BCUT2D eigenvalue weighted by molar-refractivity contribution is 7.99. The Morgan fingerprint density at radius 1 is 1.00 bits per heavy atom. The molecule has 4 atom stereocenters. The van der Waals surface area contributed by atoms with Crippen molar-refractivity contribution in [2.75, 3.05) is 30.1 Å². The molecule has 2 rings (SSSR count). The first-order valence-electron chi connectivity index (χ1n) is 10.4. The van der Waals surface area contributed by atoms with Gasteiger partial charge in [0.2, 0.25) is 5.91 Å². The number of hydroxylamine groups is 2. The van der Waals surface area contributed by atoms with Crippen molar-refractivity contribution in [3.8, 4) is 0 Å². The van der Waals surface area contributed by atoms with Gasteiger partial charge in [0, 0.05) is 25.3 Å². The summed E-state index contributed by atoms with van der Waals surface area (Å²) >= 11 is 4.17. The third-order valence-electron chi connectivity index (χ3n) is 5.64. The van der Waals surface area contributed by atoms with E-state index < -0.39 is 0 Å². The summed E-state index contributed by atoms with van der Waals surface area (Å²) < 4.78 is 6.22. The van der Waals surface area contributed by atoms with Gasteiger partial charge in [-0.3, -0.25) is 10.0 Å². The first-order chi connectivity index (χ1) is 12.6. The van der Waals surface area contributed by atoms with E-state index >= 15 is 0 Å². The first kappa shape index (κ1) is 22.4. The third-order valence-corrected chi connectivity index (χ3v) is 8.04. The van der Waals surface area contributed by atoms with E-state index in [4.69, 9.17) is 9.94 Å². The number of unbranched alkanes of at least 4 members (excludes halogenated alkanes) is 4. The fourth-order valence-corrected chi connectivity index (χ4v) is 6.66. The summed E-state index contributed by atoms with van der Waals surface area (Å²) in [5.74, 6) is 6.18. The maximum absolute atomic E-state index is 11.3. The Kier molecular flexibility index (Phi) is 10.8. The molecule has 26 heavy (non-hydrogen) atoms. The van der Waals surface area contributed by atoms with E-state index in [0.29, 0.717) is 23.7 Å². The van der Waals surface area contributed by atoms with Gasteiger partial charge >= 0.3 is 0 Å². The number of rotatable bonds is 14. The second-order valence-corrected chi connectivity index (χ2v) is 10.0. The van der Waals surface area contributed by atoms with Crippen LogP contribution in [0.25, 0.3) is 0 Å². The predicted molar refractivity (Wildman–Crippen MR) is 112 cm³/mol. The zero-order chi connectivity index (χ0) is 18.8. The van der Waals surface area contributed by atoms with E-state index in [9.17, 15) is 4.79 Å². The largest absolute Gasteiger partial charge is 0.374 e. The lowest BCUT2D eigenvalue weighted by Crippen LogP contribution is -2.31. The maximum atomic E-state index is 11.3. The second-order valence-electron chi connectivity index (χ2n) is 7.70. The predicted octanol–water partition coefficient (Wildman–Crippen LogP) is 4.84. The van der Waals surface area contributed by atoms with Gasteiger partial charge in [-0.25, -0.2) is 5.06 Å². The minimum atomic E-state index is -0.187. The molecule has 0 radical (unpaired) electrons. The van der Waals surface area contributed by atoms with Crippen LogP contribution in [0, 0.1) is 11.8 Å². The van der Waals surface area contributed by atoms with Gasteiger partial charge in [0.15, 0.2) is 0 Å². The Bertz CT molecular complexity index is 409. The molecule has 0 aromatic rings. The van der Waals surface area contributed by atoms with Crippen molar-refractivity contribution >= 4 is 29.4 Å². The van der Waals surface area contributed by atoms with Gasteiger partial charge in [-0.2, -0.15) is 23.5 Å². The molecule has 0 unspecified atom stereocenters. The summed E-state index contributed by atoms with van der Waals surface area (Å²) in [5, 5.41) is 9.75. The lowest BCUT2D eigenvalue weighted by atomic mass is 9.81. The van der Waals surface area contributed by atoms with E-state index in [1.807, 2.05) is 11.8 Å². The van der Waals surface area contributed by atoms with Gasteiger partial charge in [-0.1, -0.05) is 26.2 Å². The molecule has 2 bridgehead atoms. The molecule has 0 aliphatic carbocycles. The molecule has 2 saturated heterocycles. The molecule has 4 nitrogen and oxygen atoms in total. The van der Waals surface area contributed by atoms with Crippen molar-refractivity contribution in [3.63, 3.8) is 0 Å². The van der Waals surface area contributed by atoms with Gasteiger partial charge in [0.05, 0.1) is 12.2 Å². The van der Waals surface area contributed by atoms with Gasteiger partial charge in [0.1, 0.15) is 0 Å². The number of fused-ring (bicyclic) bond motifs is 2. The number of amides is 1. The first-order valence-corrected chi connectivity index (χ1v) is 12.7. The van der Waals surface area contributed by atoms with Crippen molar-refractivity contribution in [2.24, 2.45) is 11.8 Å². The van der Waals surface area contributed by atoms with E-state index in [0.717, 1.165) is 30.4 Å². The number of carbonyl (C=O) groups is 1. The highest BCUT2D eigenvalue weighted by atomic mass is 32.2. The van der Waals surface area contributed by atoms with Crippen LogP contribution < -0.4 is 0 Å². The zero-order valence-corrected chi connectivity index (χ0v) is 18.2. The van der Waals surface area contributed by atoms with Crippen molar-refractivity contribution in [2.45, 2.75) is 76.9 Å². The molecule has 1 amide bonds. The Labute approximate surface area is 168 Å². The van der Waals surface area contributed by atoms with E-state index in [1.165, 1.54) is 62.8 Å². The number of hydrogen-bond donors (Lipinski definition) is 1. The molecular formula is C20H37NO3S2. The van der Waals surface area contributed by atoms with Gasteiger partial charge in [-0.05, 0) is 55.1 Å². The summed E-state index contributed by atoms with van der Waals surface area (Å²) in [7, 11) is 1.40. The molecule has 2 fully saturated rings. The number of ether oxygens (including phenoxy) is 1. The lowest BCUT2D eigenvalue weighted by molar-refractivity contribution is -0.159. The average Bonchev–Trinajstić information content (AvgIpc) is 3.22. The molecule has 2 aliphatic rings. The van der Waals surface area contributed by atoms with Gasteiger partial charge in [-0.15, -0.1) is 0 Å². The summed E-state index contributed by atoms with van der Waals surface area (Å²) in [6, 6.07) is 0.